The first-order valence-corrected chi connectivity index (χ1v) is 12.8. The van der Waals surface area contributed by atoms with Gasteiger partial charge in [-0.2, -0.15) is 0 Å². The van der Waals surface area contributed by atoms with E-state index in [9.17, 15) is 23.5 Å². The van der Waals surface area contributed by atoms with Gasteiger partial charge in [-0.3, -0.25) is 9.69 Å². The van der Waals surface area contributed by atoms with Gasteiger partial charge in [0.25, 0.3) is 0 Å². The Morgan fingerprint density at radius 2 is 1.52 bits per heavy atom. The molecule has 3 aromatic rings. The normalized spacial score (nSPS) is 12.1. The number of carboxylic acid groups (broad SMARTS) is 1. The lowest BCUT2D eigenvalue weighted by Gasteiger charge is -2.26. The molecule has 3 rings (SSSR count). The number of aryl methyl sites for hydroxylation is 3. The van der Waals surface area contributed by atoms with Gasteiger partial charge in [0.15, 0.2) is 5.60 Å². The number of esters is 1. The highest BCUT2D eigenvalue weighted by molar-refractivity contribution is 5.77. The fourth-order valence-corrected chi connectivity index (χ4v) is 4.16. The molecule has 0 aliphatic carbocycles. The fraction of sp³-hybridized carbons (Fsp3) is 0.433. The second kappa shape index (κ2) is 11.8. The van der Waals surface area contributed by atoms with E-state index < -0.39 is 34.8 Å². The van der Waals surface area contributed by atoms with E-state index in [2.05, 4.69) is 4.98 Å². The lowest BCUT2D eigenvalue weighted by atomic mass is 10.0. The van der Waals surface area contributed by atoms with E-state index in [1.165, 1.54) is 13.8 Å². The molecule has 10 heteroatoms. The molecule has 216 valence electrons. The Kier molecular flexibility index (Phi) is 9.04. The Balaban J connectivity index is 1.91. The molecule has 0 amide bonds. The van der Waals surface area contributed by atoms with E-state index in [-0.39, 0.29) is 24.5 Å². The summed E-state index contributed by atoms with van der Waals surface area (Å²) in [5.74, 6) is -2.01. The number of benzene rings is 2. The van der Waals surface area contributed by atoms with Crippen molar-refractivity contribution in [1.82, 2.24) is 9.88 Å². The van der Waals surface area contributed by atoms with Crippen molar-refractivity contribution in [3.8, 4) is 17.2 Å². The summed E-state index contributed by atoms with van der Waals surface area (Å²) in [6, 6.07) is 6.79. The van der Waals surface area contributed by atoms with Crippen molar-refractivity contribution in [2.45, 2.75) is 79.7 Å². The van der Waals surface area contributed by atoms with Crippen molar-refractivity contribution in [3.05, 3.63) is 70.1 Å². The quantitative estimate of drug-likeness (QED) is 0.297. The molecule has 0 fully saturated rings. The van der Waals surface area contributed by atoms with Crippen molar-refractivity contribution in [2.24, 2.45) is 0 Å². The van der Waals surface area contributed by atoms with Crippen LogP contribution in [0.2, 0.25) is 0 Å². The van der Waals surface area contributed by atoms with E-state index in [0.29, 0.717) is 23.7 Å². The summed E-state index contributed by atoms with van der Waals surface area (Å²) in [7, 11) is 0. The summed E-state index contributed by atoms with van der Waals surface area (Å²) in [5.41, 5.74) is 0.921. The van der Waals surface area contributed by atoms with Crippen LogP contribution in [0.5, 0.6) is 5.75 Å². The first kappa shape index (κ1) is 30.7. The van der Waals surface area contributed by atoms with E-state index in [0.717, 1.165) is 34.9 Å². The number of hydrogen-bond donors (Lipinski definition) is 1. The van der Waals surface area contributed by atoms with Gasteiger partial charge in [-0.1, -0.05) is 12.1 Å². The maximum absolute atomic E-state index is 13.8. The molecule has 0 aliphatic rings. The van der Waals surface area contributed by atoms with Crippen molar-refractivity contribution >= 4 is 11.9 Å². The Morgan fingerprint density at radius 1 is 0.950 bits per heavy atom. The fourth-order valence-electron chi connectivity index (χ4n) is 4.16. The standard InChI is InChI=1S/C30H36F2N2O6/c1-17-9-20(10-18(2)26(17)40-30(7,8)28(36)37)14-34(16-25(35)39-29(4,5)6)15-24-19(3)38-27(33-24)21-11-22(31)13-23(32)12-21/h9-13H,14-16H2,1-8H3,(H,36,37). The smallest absolute Gasteiger partial charge is 0.347 e. The second-order valence-corrected chi connectivity index (χ2v) is 11.4. The average molecular weight is 559 g/mol. The Labute approximate surface area is 232 Å². The Bertz CT molecular complexity index is 1360. The van der Waals surface area contributed by atoms with Crippen LogP contribution in [0.15, 0.2) is 34.7 Å². The first-order chi connectivity index (χ1) is 18.4. The third kappa shape index (κ3) is 8.11. The van der Waals surface area contributed by atoms with Gasteiger partial charge < -0.3 is 19.0 Å². The van der Waals surface area contributed by atoms with Crippen LogP contribution in [0, 0.1) is 32.4 Å². The van der Waals surface area contributed by atoms with E-state index in [1.807, 2.05) is 30.9 Å². The number of oxazole rings is 1. The van der Waals surface area contributed by atoms with Crippen LogP contribution in [0.1, 0.15) is 62.8 Å². The predicted molar refractivity (Wildman–Crippen MR) is 145 cm³/mol. The van der Waals surface area contributed by atoms with Gasteiger partial charge in [-0.25, -0.2) is 18.6 Å². The summed E-state index contributed by atoms with van der Waals surface area (Å²) in [5, 5.41) is 9.46. The SMILES string of the molecule is Cc1cc(CN(CC(=O)OC(C)(C)C)Cc2nc(-c3cc(F)cc(F)c3)oc2C)cc(C)c1OC(C)(C)C(=O)O. The van der Waals surface area contributed by atoms with Crippen LogP contribution in [0.25, 0.3) is 11.5 Å². The van der Waals surface area contributed by atoms with E-state index in [1.54, 1.807) is 27.7 Å². The summed E-state index contributed by atoms with van der Waals surface area (Å²) < 4.78 is 44.6. The number of hydrogen-bond acceptors (Lipinski definition) is 7. The molecule has 0 spiro atoms. The maximum atomic E-state index is 13.8. The van der Waals surface area contributed by atoms with Gasteiger partial charge in [0.1, 0.15) is 28.7 Å². The molecular weight excluding hydrogens is 522 g/mol. The molecule has 1 N–H and O–H groups in total. The van der Waals surface area contributed by atoms with Crippen molar-refractivity contribution in [1.29, 1.82) is 0 Å². The largest absolute Gasteiger partial charge is 0.478 e. The number of carbonyl (C=O) groups excluding carboxylic acids is 1. The number of aromatic nitrogens is 1. The predicted octanol–water partition coefficient (Wildman–Crippen LogP) is 6.13. The topological polar surface area (TPSA) is 102 Å². The summed E-state index contributed by atoms with van der Waals surface area (Å²) in [4.78, 5) is 30.6. The third-order valence-electron chi connectivity index (χ3n) is 5.95. The summed E-state index contributed by atoms with van der Waals surface area (Å²) in [6.45, 7) is 14.1. The number of halogens is 2. The highest BCUT2D eigenvalue weighted by Gasteiger charge is 2.31. The first-order valence-electron chi connectivity index (χ1n) is 12.8. The number of rotatable bonds is 10. The minimum atomic E-state index is -1.41. The minimum absolute atomic E-state index is 0.0596. The van der Waals surface area contributed by atoms with Crippen LogP contribution in [-0.4, -0.2) is 44.7 Å². The zero-order chi connectivity index (χ0) is 30.0. The van der Waals surface area contributed by atoms with Crippen molar-refractivity contribution in [3.63, 3.8) is 0 Å². The highest BCUT2D eigenvalue weighted by Crippen LogP contribution is 2.30. The van der Waals surface area contributed by atoms with Gasteiger partial charge in [0, 0.05) is 24.7 Å². The summed E-state index contributed by atoms with van der Waals surface area (Å²) >= 11 is 0. The molecule has 0 saturated heterocycles. The molecule has 40 heavy (non-hydrogen) atoms. The second-order valence-electron chi connectivity index (χ2n) is 11.4. The molecule has 1 aromatic heterocycles. The number of nitrogens with zero attached hydrogens (tertiary/aromatic N) is 2. The molecule has 0 unspecified atom stereocenters. The lowest BCUT2D eigenvalue weighted by molar-refractivity contribution is -0.156. The zero-order valence-corrected chi connectivity index (χ0v) is 24.1. The Hall–Kier alpha value is -3.79. The molecular formula is C30H36F2N2O6. The molecule has 2 aromatic carbocycles. The van der Waals surface area contributed by atoms with Gasteiger partial charge in [-0.15, -0.1) is 0 Å². The minimum Gasteiger partial charge on any atom is -0.478 e. The number of ether oxygens (including phenoxy) is 2. The van der Waals surface area contributed by atoms with Gasteiger partial charge in [-0.05, 0) is 84.2 Å². The van der Waals surface area contributed by atoms with Crippen LogP contribution in [0.4, 0.5) is 8.78 Å². The molecule has 0 saturated carbocycles. The molecule has 0 aliphatic heterocycles. The number of carboxylic acids is 1. The monoisotopic (exact) mass is 558 g/mol. The molecule has 8 nitrogen and oxygen atoms in total. The van der Waals surface area contributed by atoms with Crippen LogP contribution < -0.4 is 4.74 Å². The van der Waals surface area contributed by atoms with Crippen LogP contribution in [0.3, 0.4) is 0 Å². The van der Waals surface area contributed by atoms with Crippen LogP contribution in [-0.2, 0) is 27.4 Å². The molecule has 1 heterocycles. The number of aliphatic carboxylic acids is 1. The van der Waals surface area contributed by atoms with Crippen LogP contribution >= 0.6 is 0 Å². The van der Waals surface area contributed by atoms with Gasteiger partial charge >= 0.3 is 11.9 Å². The third-order valence-corrected chi connectivity index (χ3v) is 5.95. The highest BCUT2D eigenvalue weighted by atomic mass is 19.1. The number of carbonyl (C=O) groups is 2. The zero-order valence-electron chi connectivity index (χ0n) is 24.1. The average Bonchev–Trinajstić information content (AvgIpc) is 3.14. The summed E-state index contributed by atoms with van der Waals surface area (Å²) in [6.07, 6.45) is 0. The molecule has 0 atom stereocenters. The Morgan fingerprint density at radius 3 is 2.05 bits per heavy atom. The maximum Gasteiger partial charge on any atom is 0.347 e. The van der Waals surface area contributed by atoms with Crippen molar-refractivity contribution < 1.29 is 37.4 Å². The molecule has 0 radical (unpaired) electrons. The van der Waals surface area contributed by atoms with Gasteiger partial charge in [0.05, 0.1) is 12.2 Å². The van der Waals surface area contributed by atoms with E-state index in [4.69, 9.17) is 13.9 Å². The van der Waals surface area contributed by atoms with Crippen molar-refractivity contribution in [2.75, 3.05) is 6.54 Å². The molecule has 0 bridgehead atoms. The van der Waals surface area contributed by atoms with E-state index >= 15 is 0 Å². The lowest BCUT2D eigenvalue weighted by Crippen LogP contribution is -2.38. The van der Waals surface area contributed by atoms with Gasteiger partial charge in [0.2, 0.25) is 5.89 Å².